The zero-order chi connectivity index (χ0) is 21.3. The van der Waals surface area contributed by atoms with Crippen molar-refractivity contribution < 1.29 is 0 Å². The molecule has 0 saturated carbocycles. The van der Waals surface area contributed by atoms with Crippen LogP contribution in [-0.2, 0) is 0 Å². The van der Waals surface area contributed by atoms with Gasteiger partial charge in [-0.1, -0.05) is 77.2 Å². The van der Waals surface area contributed by atoms with E-state index < -0.39 is 0 Å². The number of aromatic nitrogens is 1. The SMILES string of the molecule is C=C/C(=C\C=C(/C)C(C)(C)C)N(C(/C=C\C(=C)C(C)C)=C/C)c1ccncc1. The molecule has 0 fully saturated rings. The molecule has 0 aliphatic heterocycles. The fourth-order valence-corrected chi connectivity index (χ4v) is 2.32. The molecule has 1 rings (SSSR count). The minimum absolute atomic E-state index is 0.128. The highest BCUT2D eigenvalue weighted by atomic mass is 15.2. The third-order valence-electron chi connectivity index (χ3n) is 4.84. The van der Waals surface area contributed by atoms with Crippen molar-refractivity contribution >= 4 is 5.69 Å². The first-order chi connectivity index (χ1) is 13.1. The Labute approximate surface area is 172 Å². The number of hydrogen-bond acceptors (Lipinski definition) is 2. The smallest absolute Gasteiger partial charge is 0.0492 e. The van der Waals surface area contributed by atoms with Crippen molar-refractivity contribution in [3.05, 3.63) is 96.7 Å². The van der Waals surface area contributed by atoms with Gasteiger partial charge in [-0.2, -0.15) is 0 Å². The molecule has 0 radical (unpaired) electrons. The lowest BCUT2D eigenvalue weighted by Crippen LogP contribution is -2.20. The van der Waals surface area contributed by atoms with Crippen LogP contribution in [0.4, 0.5) is 5.69 Å². The summed E-state index contributed by atoms with van der Waals surface area (Å²) in [6.07, 6.45) is 16.1. The highest BCUT2D eigenvalue weighted by Gasteiger charge is 2.14. The van der Waals surface area contributed by atoms with E-state index in [9.17, 15) is 0 Å². The summed E-state index contributed by atoms with van der Waals surface area (Å²) in [6, 6.07) is 4.01. The van der Waals surface area contributed by atoms with Crippen LogP contribution in [0.25, 0.3) is 0 Å². The number of allylic oxidation sites excluding steroid dienone is 8. The molecule has 0 amide bonds. The molecule has 0 aliphatic rings. The van der Waals surface area contributed by atoms with Gasteiger partial charge in [0.15, 0.2) is 0 Å². The van der Waals surface area contributed by atoms with Gasteiger partial charge in [-0.25, -0.2) is 0 Å². The molecule has 0 spiro atoms. The van der Waals surface area contributed by atoms with E-state index in [1.165, 1.54) is 5.57 Å². The summed E-state index contributed by atoms with van der Waals surface area (Å²) < 4.78 is 0. The molecule has 2 nitrogen and oxygen atoms in total. The highest BCUT2D eigenvalue weighted by molar-refractivity contribution is 5.62. The van der Waals surface area contributed by atoms with Crippen molar-refractivity contribution in [2.24, 2.45) is 11.3 Å². The van der Waals surface area contributed by atoms with Crippen LogP contribution in [0.1, 0.15) is 48.5 Å². The Balaban J connectivity index is 3.47. The lowest BCUT2D eigenvalue weighted by Gasteiger charge is -2.27. The second-order valence-electron chi connectivity index (χ2n) is 8.21. The first-order valence-corrected chi connectivity index (χ1v) is 9.86. The second-order valence-corrected chi connectivity index (χ2v) is 8.21. The molecule has 0 bridgehead atoms. The van der Waals surface area contributed by atoms with Crippen molar-refractivity contribution in [3.63, 3.8) is 0 Å². The fourth-order valence-electron chi connectivity index (χ4n) is 2.32. The third-order valence-corrected chi connectivity index (χ3v) is 4.84. The number of hydrogen-bond donors (Lipinski definition) is 0. The maximum absolute atomic E-state index is 4.17. The van der Waals surface area contributed by atoms with Crippen LogP contribution in [-0.4, -0.2) is 4.98 Å². The summed E-state index contributed by atoms with van der Waals surface area (Å²) in [5.41, 5.74) is 5.64. The molecular formula is C26H36N2. The molecule has 1 aromatic heterocycles. The van der Waals surface area contributed by atoms with Crippen molar-refractivity contribution in [2.45, 2.75) is 48.5 Å². The lowest BCUT2D eigenvalue weighted by molar-refractivity contribution is 0.504. The maximum Gasteiger partial charge on any atom is 0.0492 e. The number of rotatable bonds is 8. The predicted molar refractivity (Wildman–Crippen MR) is 125 cm³/mol. The molecule has 0 aromatic carbocycles. The van der Waals surface area contributed by atoms with Crippen LogP contribution < -0.4 is 4.90 Å². The number of anilines is 1. The Morgan fingerprint density at radius 1 is 1.07 bits per heavy atom. The Kier molecular flexibility index (Phi) is 8.91. The summed E-state index contributed by atoms with van der Waals surface area (Å²) in [7, 11) is 0. The van der Waals surface area contributed by atoms with Crippen LogP contribution >= 0.6 is 0 Å². The van der Waals surface area contributed by atoms with Crippen molar-refractivity contribution in [1.29, 1.82) is 0 Å². The summed E-state index contributed by atoms with van der Waals surface area (Å²) >= 11 is 0. The van der Waals surface area contributed by atoms with Gasteiger partial charge in [-0.15, -0.1) is 0 Å². The van der Waals surface area contributed by atoms with E-state index in [2.05, 4.69) is 95.0 Å². The van der Waals surface area contributed by atoms with E-state index in [1.54, 1.807) is 0 Å². The highest BCUT2D eigenvalue weighted by Crippen LogP contribution is 2.28. The molecule has 1 heterocycles. The van der Waals surface area contributed by atoms with Crippen molar-refractivity contribution in [3.8, 4) is 0 Å². The summed E-state index contributed by atoms with van der Waals surface area (Å²) in [5, 5.41) is 0. The quantitative estimate of drug-likeness (QED) is 0.434. The monoisotopic (exact) mass is 376 g/mol. The van der Waals surface area contributed by atoms with E-state index in [0.29, 0.717) is 5.92 Å². The summed E-state index contributed by atoms with van der Waals surface area (Å²) in [6.45, 7) is 23.4. The van der Waals surface area contributed by atoms with Crippen LogP contribution in [0.5, 0.6) is 0 Å². The minimum Gasteiger partial charge on any atom is -0.311 e. The summed E-state index contributed by atoms with van der Waals surface area (Å²) in [4.78, 5) is 6.35. The first kappa shape index (κ1) is 23.4. The molecule has 2 heteroatoms. The zero-order valence-corrected chi connectivity index (χ0v) is 18.7. The van der Waals surface area contributed by atoms with Crippen LogP contribution in [0.2, 0.25) is 0 Å². The van der Waals surface area contributed by atoms with Gasteiger partial charge in [-0.05, 0) is 55.5 Å². The van der Waals surface area contributed by atoms with Gasteiger partial charge in [0.1, 0.15) is 0 Å². The van der Waals surface area contributed by atoms with E-state index in [0.717, 1.165) is 22.7 Å². The average Bonchev–Trinajstić information content (AvgIpc) is 2.66. The maximum atomic E-state index is 4.17. The Hall–Kier alpha value is -2.61. The molecule has 1 aromatic rings. The van der Waals surface area contributed by atoms with Gasteiger partial charge in [0.05, 0.1) is 0 Å². The Bertz CT molecular complexity index is 781. The van der Waals surface area contributed by atoms with Gasteiger partial charge in [0, 0.05) is 29.5 Å². The van der Waals surface area contributed by atoms with E-state index in [1.807, 2.05) is 37.5 Å². The van der Waals surface area contributed by atoms with Crippen LogP contribution in [0.3, 0.4) is 0 Å². The van der Waals surface area contributed by atoms with Gasteiger partial charge >= 0.3 is 0 Å². The van der Waals surface area contributed by atoms with Crippen molar-refractivity contribution in [2.75, 3.05) is 4.90 Å². The lowest BCUT2D eigenvalue weighted by atomic mass is 9.87. The van der Waals surface area contributed by atoms with Crippen LogP contribution in [0.15, 0.2) is 96.7 Å². The van der Waals surface area contributed by atoms with Gasteiger partial charge < -0.3 is 4.90 Å². The van der Waals surface area contributed by atoms with Gasteiger partial charge in [0.25, 0.3) is 0 Å². The van der Waals surface area contributed by atoms with Crippen molar-refractivity contribution in [1.82, 2.24) is 4.98 Å². The van der Waals surface area contributed by atoms with E-state index >= 15 is 0 Å². The zero-order valence-electron chi connectivity index (χ0n) is 18.7. The molecule has 0 saturated heterocycles. The summed E-state index contributed by atoms with van der Waals surface area (Å²) in [5.74, 6) is 0.413. The molecule has 0 unspecified atom stereocenters. The molecule has 0 N–H and O–H groups in total. The molecule has 0 aliphatic carbocycles. The van der Waals surface area contributed by atoms with Gasteiger partial charge in [-0.3, -0.25) is 4.98 Å². The first-order valence-electron chi connectivity index (χ1n) is 9.86. The van der Waals surface area contributed by atoms with Gasteiger partial charge in [0.2, 0.25) is 0 Å². The average molecular weight is 377 g/mol. The molecule has 0 atom stereocenters. The third kappa shape index (κ3) is 6.84. The second kappa shape index (κ2) is 10.7. The molecule has 150 valence electrons. The Morgan fingerprint density at radius 2 is 1.68 bits per heavy atom. The minimum atomic E-state index is 0.128. The largest absolute Gasteiger partial charge is 0.311 e. The standard InChI is InChI=1S/C26H36N2/c1-10-23(14-12-21(5)20(3)4)28(25-16-18-27-19-17-25)24(11-2)15-13-22(6)26(7,8)9/h10-20H,2,5H2,1,3-4,6-9H3/b14-12-,22-13+,23-10+,24-15+. The Morgan fingerprint density at radius 3 is 2.14 bits per heavy atom. The number of nitrogens with zero attached hydrogens (tertiary/aromatic N) is 2. The topological polar surface area (TPSA) is 16.1 Å². The number of pyridine rings is 1. The molecule has 28 heavy (non-hydrogen) atoms. The van der Waals surface area contributed by atoms with Crippen LogP contribution in [0, 0.1) is 11.3 Å². The predicted octanol–water partition coefficient (Wildman–Crippen LogP) is 7.62. The van der Waals surface area contributed by atoms with E-state index in [-0.39, 0.29) is 5.41 Å². The normalized spacial score (nSPS) is 13.9. The fraction of sp³-hybridized carbons (Fsp3) is 0.346. The molecular weight excluding hydrogens is 340 g/mol. The van der Waals surface area contributed by atoms with E-state index in [4.69, 9.17) is 0 Å².